The van der Waals surface area contributed by atoms with E-state index in [0.29, 0.717) is 5.92 Å². The molecule has 1 saturated heterocycles. The van der Waals surface area contributed by atoms with Gasteiger partial charge in [-0.05, 0) is 31.2 Å². The third kappa shape index (κ3) is 1.77. The van der Waals surface area contributed by atoms with Gasteiger partial charge in [-0.3, -0.25) is 0 Å². The maximum atomic E-state index is 5.92. The predicted octanol–water partition coefficient (Wildman–Crippen LogP) is 2.36. The molecule has 3 nitrogen and oxygen atoms in total. The summed E-state index contributed by atoms with van der Waals surface area (Å²) < 4.78 is 0. The number of hydrogen-bond donors (Lipinski definition) is 1. The van der Waals surface area contributed by atoms with Gasteiger partial charge in [-0.25, -0.2) is 9.97 Å². The van der Waals surface area contributed by atoms with Crippen molar-refractivity contribution in [3.05, 3.63) is 35.2 Å². The first-order valence-corrected chi connectivity index (χ1v) is 5.83. The summed E-state index contributed by atoms with van der Waals surface area (Å²) in [4.78, 5) is 9.01. The molecule has 3 rings (SSSR count). The molecule has 1 atom stereocenters. The molecule has 1 fully saturated rings. The molecular weight excluding hydrogens is 222 g/mol. The van der Waals surface area contributed by atoms with E-state index in [2.05, 4.69) is 15.3 Å². The SMILES string of the molecule is Clc1ccc2nc(C3CCNC3)ncc2c1. The van der Waals surface area contributed by atoms with E-state index < -0.39 is 0 Å². The van der Waals surface area contributed by atoms with Crippen LogP contribution in [0.3, 0.4) is 0 Å². The fourth-order valence-corrected chi connectivity index (χ4v) is 2.27. The van der Waals surface area contributed by atoms with Gasteiger partial charge in [0.25, 0.3) is 0 Å². The maximum absolute atomic E-state index is 5.92. The predicted molar refractivity (Wildman–Crippen MR) is 64.8 cm³/mol. The van der Waals surface area contributed by atoms with Crippen molar-refractivity contribution in [3.8, 4) is 0 Å². The van der Waals surface area contributed by atoms with E-state index in [1.165, 1.54) is 0 Å². The summed E-state index contributed by atoms with van der Waals surface area (Å²) >= 11 is 5.92. The Hall–Kier alpha value is -1.19. The van der Waals surface area contributed by atoms with Gasteiger partial charge in [-0.15, -0.1) is 0 Å². The monoisotopic (exact) mass is 233 g/mol. The molecule has 0 spiro atoms. The second-order valence-corrected chi connectivity index (χ2v) is 4.56. The lowest BCUT2D eigenvalue weighted by atomic mass is 10.1. The van der Waals surface area contributed by atoms with Crippen LogP contribution in [-0.4, -0.2) is 23.1 Å². The molecule has 2 aromatic rings. The summed E-state index contributed by atoms with van der Waals surface area (Å²) in [7, 11) is 0. The molecule has 1 aromatic carbocycles. The summed E-state index contributed by atoms with van der Waals surface area (Å²) in [6.45, 7) is 2.05. The summed E-state index contributed by atoms with van der Waals surface area (Å²) in [6.07, 6.45) is 2.99. The molecule has 0 amide bonds. The molecule has 1 aromatic heterocycles. The number of rotatable bonds is 1. The highest BCUT2D eigenvalue weighted by Gasteiger charge is 2.19. The van der Waals surface area contributed by atoms with E-state index in [1.807, 2.05) is 24.4 Å². The van der Waals surface area contributed by atoms with Crippen molar-refractivity contribution in [1.82, 2.24) is 15.3 Å². The Morgan fingerprint density at radius 1 is 1.38 bits per heavy atom. The molecule has 82 valence electrons. The molecule has 0 radical (unpaired) electrons. The van der Waals surface area contributed by atoms with Gasteiger partial charge in [-0.2, -0.15) is 0 Å². The van der Waals surface area contributed by atoms with Crippen LogP contribution in [0.1, 0.15) is 18.2 Å². The molecule has 0 saturated carbocycles. The van der Waals surface area contributed by atoms with Crippen LogP contribution in [0.2, 0.25) is 5.02 Å². The zero-order chi connectivity index (χ0) is 11.0. The highest BCUT2D eigenvalue weighted by Crippen LogP contribution is 2.22. The van der Waals surface area contributed by atoms with Crippen LogP contribution in [0.15, 0.2) is 24.4 Å². The lowest BCUT2D eigenvalue weighted by Crippen LogP contribution is -2.10. The maximum Gasteiger partial charge on any atom is 0.133 e. The largest absolute Gasteiger partial charge is 0.316 e. The number of nitrogens with zero attached hydrogens (tertiary/aromatic N) is 2. The first kappa shape index (κ1) is 10.00. The lowest BCUT2D eigenvalue weighted by Gasteiger charge is -2.07. The summed E-state index contributed by atoms with van der Waals surface area (Å²) in [5.41, 5.74) is 0.973. The quantitative estimate of drug-likeness (QED) is 0.822. The Morgan fingerprint density at radius 2 is 2.31 bits per heavy atom. The van der Waals surface area contributed by atoms with Gasteiger partial charge in [0.2, 0.25) is 0 Å². The van der Waals surface area contributed by atoms with Crippen molar-refractivity contribution in [1.29, 1.82) is 0 Å². The van der Waals surface area contributed by atoms with E-state index in [4.69, 9.17) is 11.6 Å². The van der Waals surface area contributed by atoms with Crippen molar-refractivity contribution < 1.29 is 0 Å². The van der Waals surface area contributed by atoms with E-state index in [1.54, 1.807) is 0 Å². The number of nitrogens with one attached hydrogen (secondary N) is 1. The van der Waals surface area contributed by atoms with Gasteiger partial charge < -0.3 is 5.32 Å². The van der Waals surface area contributed by atoms with E-state index in [-0.39, 0.29) is 0 Å². The molecule has 0 bridgehead atoms. The van der Waals surface area contributed by atoms with Crippen molar-refractivity contribution >= 4 is 22.5 Å². The molecule has 0 aliphatic carbocycles. The Balaban J connectivity index is 2.05. The fraction of sp³-hybridized carbons (Fsp3) is 0.333. The van der Waals surface area contributed by atoms with E-state index in [0.717, 1.165) is 41.3 Å². The van der Waals surface area contributed by atoms with Crippen LogP contribution in [0.25, 0.3) is 10.9 Å². The Labute approximate surface area is 98.9 Å². The van der Waals surface area contributed by atoms with Gasteiger partial charge in [-0.1, -0.05) is 11.6 Å². The molecule has 1 N–H and O–H groups in total. The Morgan fingerprint density at radius 3 is 3.12 bits per heavy atom. The normalized spacial score (nSPS) is 20.4. The highest BCUT2D eigenvalue weighted by atomic mass is 35.5. The summed E-state index contributed by atoms with van der Waals surface area (Å²) in [5.74, 6) is 1.40. The van der Waals surface area contributed by atoms with Crippen molar-refractivity contribution in [2.24, 2.45) is 0 Å². The molecular formula is C12H12ClN3. The molecule has 1 aliphatic rings. The summed E-state index contributed by atoms with van der Waals surface area (Å²) in [6, 6.07) is 5.71. The van der Waals surface area contributed by atoms with Crippen molar-refractivity contribution in [3.63, 3.8) is 0 Å². The zero-order valence-electron chi connectivity index (χ0n) is 8.78. The van der Waals surface area contributed by atoms with Gasteiger partial charge in [0, 0.05) is 29.1 Å². The molecule has 2 heterocycles. The minimum Gasteiger partial charge on any atom is -0.316 e. The smallest absolute Gasteiger partial charge is 0.133 e. The standard InChI is InChI=1S/C12H12ClN3/c13-10-1-2-11-9(5-10)7-15-12(16-11)8-3-4-14-6-8/h1-2,5,7-8,14H,3-4,6H2. The molecule has 4 heteroatoms. The second kappa shape index (κ2) is 4.00. The van der Waals surface area contributed by atoms with Gasteiger partial charge in [0.05, 0.1) is 5.52 Å². The Kier molecular flexibility index (Phi) is 2.50. The topological polar surface area (TPSA) is 37.8 Å². The zero-order valence-corrected chi connectivity index (χ0v) is 9.54. The third-order valence-corrected chi connectivity index (χ3v) is 3.22. The number of aromatic nitrogens is 2. The van der Waals surface area contributed by atoms with Gasteiger partial charge in [0.1, 0.15) is 5.82 Å². The first-order chi connectivity index (χ1) is 7.83. The van der Waals surface area contributed by atoms with Crippen LogP contribution in [0.4, 0.5) is 0 Å². The van der Waals surface area contributed by atoms with Gasteiger partial charge in [0.15, 0.2) is 0 Å². The number of halogens is 1. The fourth-order valence-electron chi connectivity index (χ4n) is 2.09. The van der Waals surface area contributed by atoms with Gasteiger partial charge >= 0.3 is 0 Å². The lowest BCUT2D eigenvalue weighted by molar-refractivity contribution is 0.707. The van der Waals surface area contributed by atoms with Crippen LogP contribution in [0.5, 0.6) is 0 Å². The summed E-state index contributed by atoms with van der Waals surface area (Å²) in [5, 5.41) is 5.06. The van der Waals surface area contributed by atoms with Crippen molar-refractivity contribution in [2.75, 3.05) is 13.1 Å². The average molecular weight is 234 g/mol. The van der Waals surface area contributed by atoms with Crippen molar-refractivity contribution in [2.45, 2.75) is 12.3 Å². The van der Waals surface area contributed by atoms with Crippen LogP contribution < -0.4 is 5.32 Å². The first-order valence-electron chi connectivity index (χ1n) is 5.46. The second-order valence-electron chi connectivity index (χ2n) is 4.12. The van der Waals surface area contributed by atoms with Crippen LogP contribution in [0, 0.1) is 0 Å². The minimum absolute atomic E-state index is 0.458. The van der Waals surface area contributed by atoms with Crippen LogP contribution >= 0.6 is 11.6 Å². The minimum atomic E-state index is 0.458. The van der Waals surface area contributed by atoms with Crippen LogP contribution in [-0.2, 0) is 0 Å². The van der Waals surface area contributed by atoms with E-state index >= 15 is 0 Å². The third-order valence-electron chi connectivity index (χ3n) is 2.99. The highest BCUT2D eigenvalue weighted by molar-refractivity contribution is 6.31. The number of fused-ring (bicyclic) bond motifs is 1. The molecule has 1 aliphatic heterocycles. The Bertz CT molecular complexity index is 521. The number of hydrogen-bond acceptors (Lipinski definition) is 3. The van der Waals surface area contributed by atoms with E-state index in [9.17, 15) is 0 Å². The molecule has 1 unspecified atom stereocenters. The number of benzene rings is 1. The average Bonchev–Trinajstić information content (AvgIpc) is 2.82. The molecule has 16 heavy (non-hydrogen) atoms.